The third-order valence-corrected chi connectivity index (χ3v) is 4.38. The molecule has 3 aromatic rings. The number of hydrogen-bond acceptors (Lipinski definition) is 5. The summed E-state index contributed by atoms with van der Waals surface area (Å²) >= 11 is 0. The Morgan fingerprint density at radius 3 is 2.45 bits per heavy atom. The molecular weight excluding hydrogens is 370 g/mol. The molecule has 29 heavy (non-hydrogen) atoms. The number of hydrogen-bond donors (Lipinski definition) is 2. The molecule has 2 aromatic heterocycles. The number of pyridine rings is 1. The molecule has 1 aromatic carbocycles. The molecule has 2 amide bonds. The van der Waals surface area contributed by atoms with Gasteiger partial charge in [-0.25, -0.2) is 14.5 Å². The maximum absolute atomic E-state index is 12.5. The number of methoxy groups -OCH3 is 1. The van der Waals surface area contributed by atoms with Crippen LogP contribution in [0.3, 0.4) is 0 Å². The number of carbonyl (C=O) groups excluding carboxylic acids is 2. The third-order valence-electron chi connectivity index (χ3n) is 4.38. The number of carbonyl (C=O) groups is 2. The van der Waals surface area contributed by atoms with Crippen LogP contribution in [0.15, 0.2) is 48.7 Å². The van der Waals surface area contributed by atoms with Crippen molar-refractivity contribution >= 4 is 11.8 Å². The zero-order valence-corrected chi connectivity index (χ0v) is 16.5. The van der Waals surface area contributed by atoms with Crippen LogP contribution in [0.1, 0.15) is 29.9 Å². The summed E-state index contributed by atoms with van der Waals surface area (Å²) in [5, 5.41) is 7.09. The van der Waals surface area contributed by atoms with Crippen molar-refractivity contribution in [3.05, 3.63) is 59.9 Å². The van der Waals surface area contributed by atoms with Gasteiger partial charge in [-0.05, 0) is 17.7 Å². The van der Waals surface area contributed by atoms with Crippen molar-refractivity contribution in [2.75, 3.05) is 7.11 Å². The predicted octanol–water partition coefficient (Wildman–Crippen LogP) is 2.95. The number of ether oxygens (including phenoxy) is 1. The average Bonchev–Trinajstić information content (AvgIpc) is 3.17. The molecule has 3 rings (SSSR count). The van der Waals surface area contributed by atoms with E-state index in [1.165, 1.54) is 0 Å². The van der Waals surface area contributed by atoms with Gasteiger partial charge < -0.3 is 15.8 Å². The number of urea groups is 1. The van der Waals surface area contributed by atoms with Crippen LogP contribution in [-0.2, 0) is 6.54 Å². The third kappa shape index (κ3) is 4.60. The molecule has 0 bridgehead atoms. The fourth-order valence-corrected chi connectivity index (χ4v) is 2.80. The molecule has 0 atom stereocenters. The highest BCUT2D eigenvalue weighted by Crippen LogP contribution is 2.26. The summed E-state index contributed by atoms with van der Waals surface area (Å²) in [7, 11) is 1.55. The Morgan fingerprint density at radius 1 is 1.17 bits per heavy atom. The summed E-state index contributed by atoms with van der Waals surface area (Å²) in [5.41, 5.74) is 8.76. The van der Waals surface area contributed by atoms with Crippen LogP contribution in [-0.4, -0.2) is 33.7 Å². The van der Waals surface area contributed by atoms with Gasteiger partial charge in [0.05, 0.1) is 24.7 Å². The van der Waals surface area contributed by atoms with Crippen LogP contribution in [0.2, 0.25) is 0 Å². The summed E-state index contributed by atoms with van der Waals surface area (Å²) < 4.78 is 6.81. The van der Waals surface area contributed by atoms with E-state index in [9.17, 15) is 9.59 Å². The molecule has 0 saturated heterocycles. The van der Waals surface area contributed by atoms with Gasteiger partial charge in [-0.3, -0.25) is 4.79 Å². The lowest BCUT2D eigenvalue weighted by atomic mass is 10.0. The summed E-state index contributed by atoms with van der Waals surface area (Å²) in [6.07, 6.45) is 1.64. The van der Waals surface area contributed by atoms with Gasteiger partial charge in [0, 0.05) is 24.1 Å². The Bertz CT molecular complexity index is 1010. The van der Waals surface area contributed by atoms with Crippen LogP contribution >= 0.6 is 0 Å². The number of aromatic nitrogens is 3. The number of nitrogens with two attached hydrogens (primary N) is 1. The molecule has 0 aliphatic heterocycles. The number of nitrogens with one attached hydrogen (secondary N) is 1. The molecule has 0 aliphatic rings. The number of primary amides is 1. The fourth-order valence-electron chi connectivity index (χ4n) is 2.80. The van der Waals surface area contributed by atoms with E-state index in [4.69, 9.17) is 10.5 Å². The zero-order valence-electron chi connectivity index (χ0n) is 16.5. The molecule has 0 fully saturated rings. The van der Waals surface area contributed by atoms with Gasteiger partial charge in [0.2, 0.25) is 5.88 Å². The van der Waals surface area contributed by atoms with E-state index in [0.717, 1.165) is 16.8 Å². The largest absolute Gasteiger partial charge is 0.481 e. The Hall–Kier alpha value is -3.68. The summed E-state index contributed by atoms with van der Waals surface area (Å²) in [4.78, 5) is 27.6. The number of ketones is 1. The molecule has 8 nitrogen and oxygen atoms in total. The second-order valence-electron chi connectivity index (χ2n) is 6.82. The van der Waals surface area contributed by atoms with E-state index in [0.29, 0.717) is 23.8 Å². The highest BCUT2D eigenvalue weighted by Gasteiger charge is 2.19. The Morgan fingerprint density at radius 2 is 1.90 bits per heavy atom. The van der Waals surface area contributed by atoms with Gasteiger partial charge in [-0.15, -0.1) is 0 Å². The van der Waals surface area contributed by atoms with Crippen molar-refractivity contribution in [1.29, 1.82) is 0 Å². The van der Waals surface area contributed by atoms with Gasteiger partial charge in [-0.2, -0.15) is 5.10 Å². The van der Waals surface area contributed by atoms with Gasteiger partial charge in [-0.1, -0.05) is 38.1 Å². The molecule has 0 aliphatic carbocycles. The topological polar surface area (TPSA) is 112 Å². The SMILES string of the molecule is COc1ccc(-n2nc(C(=O)C(C)C)cc2-c2ccc(CNC(N)=O)cc2)cn1. The maximum Gasteiger partial charge on any atom is 0.312 e. The first-order chi connectivity index (χ1) is 13.9. The Labute approximate surface area is 168 Å². The van der Waals surface area contributed by atoms with E-state index in [1.54, 1.807) is 30.1 Å². The summed E-state index contributed by atoms with van der Waals surface area (Å²) in [6.45, 7) is 4.03. The lowest BCUT2D eigenvalue weighted by molar-refractivity contribution is 0.0934. The summed E-state index contributed by atoms with van der Waals surface area (Å²) in [6, 6.07) is 12.4. The van der Waals surface area contributed by atoms with Crippen molar-refractivity contribution in [3.8, 4) is 22.8 Å². The van der Waals surface area contributed by atoms with Gasteiger partial charge in [0.25, 0.3) is 0 Å². The number of Topliss-reactive ketones (excluding diaryl/α,β-unsaturated/α-hetero) is 1. The molecule has 0 unspecified atom stereocenters. The van der Waals surface area contributed by atoms with Gasteiger partial charge >= 0.3 is 6.03 Å². The molecule has 150 valence electrons. The van der Waals surface area contributed by atoms with Crippen LogP contribution < -0.4 is 15.8 Å². The Balaban J connectivity index is 2.01. The molecule has 0 radical (unpaired) electrons. The first kappa shape index (κ1) is 20.1. The fraction of sp³-hybridized carbons (Fsp3) is 0.238. The van der Waals surface area contributed by atoms with E-state index in [2.05, 4.69) is 15.4 Å². The van der Waals surface area contributed by atoms with Crippen LogP contribution in [0.5, 0.6) is 5.88 Å². The summed E-state index contributed by atoms with van der Waals surface area (Å²) in [5.74, 6) is 0.295. The predicted molar refractivity (Wildman–Crippen MR) is 109 cm³/mol. The van der Waals surface area contributed by atoms with E-state index in [-0.39, 0.29) is 11.7 Å². The van der Waals surface area contributed by atoms with Gasteiger partial charge in [0.15, 0.2) is 5.78 Å². The minimum atomic E-state index is -0.573. The van der Waals surface area contributed by atoms with E-state index < -0.39 is 6.03 Å². The number of amides is 2. The normalized spacial score (nSPS) is 10.8. The number of nitrogens with zero attached hydrogens (tertiary/aromatic N) is 3. The van der Waals surface area contributed by atoms with Gasteiger partial charge in [0.1, 0.15) is 5.69 Å². The lowest BCUT2D eigenvalue weighted by Crippen LogP contribution is -2.28. The molecular formula is C21H23N5O3. The van der Waals surface area contributed by atoms with Crippen molar-refractivity contribution in [1.82, 2.24) is 20.1 Å². The quantitative estimate of drug-likeness (QED) is 0.599. The standard InChI is InChI=1S/C21H23N5O3/c1-13(2)20(27)17-10-18(15-6-4-14(5-7-15)11-24-21(22)28)26(25-17)16-8-9-19(29-3)23-12-16/h4-10,12-13H,11H2,1-3H3,(H3,22,24,28). The second-order valence-corrected chi connectivity index (χ2v) is 6.82. The van der Waals surface area contributed by atoms with Crippen molar-refractivity contribution < 1.29 is 14.3 Å². The van der Waals surface area contributed by atoms with Crippen molar-refractivity contribution in [3.63, 3.8) is 0 Å². The monoisotopic (exact) mass is 393 g/mol. The van der Waals surface area contributed by atoms with Crippen LogP contribution in [0, 0.1) is 5.92 Å². The zero-order chi connectivity index (χ0) is 21.0. The highest BCUT2D eigenvalue weighted by molar-refractivity contribution is 5.96. The smallest absolute Gasteiger partial charge is 0.312 e. The maximum atomic E-state index is 12.5. The molecule has 0 spiro atoms. The second kappa shape index (κ2) is 8.55. The first-order valence-electron chi connectivity index (χ1n) is 9.16. The minimum absolute atomic E-state index is 0.0336. The lowest BCUT2D eigenvalue weighted by Gasteiger charge is -2.09. The van der Waals surface area contributed by atoms with Crippen molar-refractivity contribution in [2.24, 2.45) is 11.7 Å². The van der Waals surface area contributed by atoms with E-state index >= 15 is 0 Å². The van der Waals surface area contributed by atoms with Crippen molar-refractivity contribution in [2.45, 2.75) is 20.4 Å². The molecule has 0 saturated carbocycles. The van der Waals surface area contributed by atoms with Crippen LogP contribution in [0.25, 0.3) is 16.9 Å². The minimum Gasteiger partial charge on any atom is -0.481 e. The average molecular weight is 393 g/mol. The molecule has 8 heteroatoms. The highest BCUT2D eigenvalue weighted by atomic mass is 16.5. The molecule has 2 heterocycles. The van der Waals surface area contributed by atoms with Crippen LogP contribution in [0.4, 0.5) is 4.79 Å². The first-order valence-corrected chi connectivity index (χ1v) is 9.16. The number of rotatable bonds is 7. The Kier molecular flexibility index (Phi) is 5.92. The van der Waals surface area contributed by atoms with E-state index in [1.807, 2.05) is 44.2 Å². The molecule has 3 N–H and O–H groups in total. The number of benzene rings is 1.